The Kier molecular flexibility index (Phi) is 6.14. The van der Waals surface area contributed by atoms with Crippen LogP contribution in [0.25, 0.3) is 0 Å². The zero-order valence-electron chi connectivity index (χ0n) is 15.0. The lowest BCUT2D eigenvalue weighted by molar-refractivity contribution is 0.0216. The summed E-state index contributed by atoms with van der Waals surface area (Å²) in [5, 5.41) is 9.93. The zero-order valence-corrected chi connectivity index (χ0v) is 15.0. The maximum absolute atomic E-state index is 9.93. The Bertz CT molecular complexity index is 512. The van der Waals surface area contributed by atoms with Crippen LogP contribution in [0.3, 0.4) is 0 Å². The minimum Gasteiger partial charge on any atom is -0.396 e. The van der Waals surface area contributed by atoms with E-state index < -0.39 is 0 Å². The molecule has 2 saturated heterocycles. The SMILES string of the molecule is CCCC1(CO)CCCN(Cc2cccc(N3CCOCC3)c2)C1. The minimum atomic E-state index is 0.120. The van der Waals surface area contributed by atoms with E-state index in [-0.39, 0.29) is 5.41 Å². The molecular formula is C20H32N2O2. The van der Waals surface area contributed by atoms with E-state index in [9.17, 15) is 5.11 Å². The molecule has 0 radical (unpaired) electrons. The summed E-state index contributed by atoms with van der Waals surface area (Å²) in [6, 6.07) is 8.95. The van der Waals surface area contributed by atoms with Crippen molar-refractivity contribution in [1.82, 2.24) is 4.90 Å². The number of benzene rings is 1. The van der Waals surface area contributed by atoms with Gasteiger partial charge in [-0.15, -0.1) is 0 Å². The van der Waals surface area contributed by atoms with E-state index in [1.54, 1.807) is 0 Å². The van der Waals surface area contributed by atoms with Crippen molar-refractivity contribution in [3.8, 4) is 0 Å². The van der Waals surface area contributed by atoms with Gasteiger partial charge < -0.3 is 14.7 Å². The van der Waals surface area contributed by atoms with Crippen LogP contribution in [0.15, 0.2) is 24.3 Å². The van der Waals surface area contributed by atoms with Crippen LogP contribution in [-0.2, 0) is 11.3 Å². The van der Waals surface area contributed by atoms with Crippen molar-refractivity contribution < 1.29 is 9.84 Å². The van der Waals surface area contributed by atoms with Gasteiger partial charge in [-0.2, -0.15) is 0 Å². The molecule has 134 valence electrons. The van der Waals surface area contributed by atoms with Crippen LogP contribution in [0.5, 0.6) is 0 Å². The molecule has 2 fully saturated rings. The van der Waals surface area contributed by atoms with E-state index in [0.717, 1.165) is 58.8 Å². The van der Waals surface area contributed by atoms with E-state index in [1.165, 1.54) is 24.1 Å². The second-order valence-electron chi connectivity index (χ2n) is 7.49. The molecule has 2 heterocycles. The maximum atomic E-state index is 9.93. The number of ether oxygens (including phenoxy) is 1. The highest BCUT2D eigenvalue weighted by Gasteiger charge is 2.34. The van der Waals surface area contributed by atoms with Crippen molar-refractivity contribution in [3.63, 3.8) is 0 Å². The van der Waals surface area contributed by atoms with E-state index in [4.69, 9.17) is 4.74 Å². The third-order valence-corrected chi connectivity index (χ3v) is 5.55. The Hall–Kier alpha value is -1.10. The van der Waals surface area contributed by atoms with E-state index in [1.807, 2.05) is 0 Å². The third kappa shape index (κ3) is 4.29. The molecule has 1 aromatic rings. The second-order valence-corrected chi connectivity index (χ2v) is 7.49. The summed E-state index contributed by atoms with van der Waals surface area (Å²) in [7, 11) is 0. The van der Waals surface area contributed by atoms with Gasteiger partial charge in [0.15, 0.2) is 0 Å². The molecule has 0 amide bonds. The molecule has 1 N–H and O–H groups in total. The number of aliphatic hydroxyl groups excluding tert-OH is 1. The molecule has 24 heavy (non-hydrogen) atoms. The van der Waals surface area contributed by atoms with Crippen molar-refractivity contribution in [2.75, 3.05) is 50.9 Å². The van der Waals surface area contributed by atoms with Gasteiger partial charge in [-0.1, -0.05) is 25.5 Å². The minimum absolute atomic E-state index is 0.120. The Balaban J connectivity index is 1.64. The number of morpholine rings is 1. The molecule has 2 aliphatic rings. The fourth-order valence-corrected chi connectivity index (χ4v) is 4.32. The molecule has 1 unspecified atom stereocenters. The van der Waals surface area contributed by atoms with Gasteiger partial charge in [0, 0.05) is 43.9 Å². The van der Waals surface area contributed by atoms with Gasteiger partial charge in [-0.25, -0.2) is 0 Å². The number of aliphatic hydroxyl groups is 1. The smallest absolute Gasteiger partial charge is 0.0642 e. The summed E-state index contributed by atoms with van der Waals surface area (Å²) in [5.41, 5.74) is 2.81. The topological polar surface area (TPSA) is 35.9 Å². The van der Waals surface area contributed by atoms with Crippen LogP contribution in [0.1, 0.15) is 38.2 Å². The maximum Gasteiger partial charge on any atom is 0.0642 e. The number of hydrogen-bond donors (Lipinski definition) is 1. The Morgan fingerprint density at radius 1 is 1.21 bits per heavy atom. The van der Waals surface area contributed by atoms with Gasteiger partial charge in [-0.3, -0.25) is 4.90 Å². The average Bonchev–Trinajstić information content (AvgIpc) is 2.63. The normalized spacial score (nSPS) is 25.8. The summed E-state index contributed by atoms with van der Waals surface area (Å²) in [6.45, 7) is 9.33. The molecule has 0 spiro atoms. The lowest BCUT2D eigenvalue weighted by Crippen LogP contribution is -2.44. The van der Waals surface area contributed by atoms with Crippen molar-refractivity contribution in [2.45, 2.75) is 39.2 Å². The van der Waals surface area contributed by atoms with Gasteiger partial charge in [-0.05, 0) is 43.5 Å². The monoisotopic (exact) mass is 332 g/mol. The van der Waals surface area contributed by atoms with Gasteiger partial charge in [0.2, 0.25) is 0 Å². The first-order valence-corrected chi connectivity index (χ1v) is 9.49. The predicted octanol–water partition coefficient (Wildman–Crippen LogP) is 2.90. The largest absolute Gasteiger partial charge is 0.396 e. The van der Waals surface area contributed by atoms with E-state index in [2.05, 4.69) is 41.0 Å². The van der Waals surface area contributed by atoms with Gasteiger partial charge in [0.1, 0.15) is 0 Å². The fraction of sp³-hybridized carbons (Fsp3) is 0.700. The zero-order chi connectivity index (χ0) is 16.8. The Morgan fingerprint density at radius 2 is 2.04 bits per heavy atom. The highest BCUT2D eigenvalue weighted by atomic mass is 16.5. The summed E-state index contributed by atoms with van der Waals surface area (Å²) in [5.74, 6) is 0. The molecule has 1 atom stereocenters. The highest BCUT2D eigenvalue weighted by Crippen LogP contribution is 2.34. The Morgan fingerprint density at radius 3 is 2.79 bits per heavy atom. The molecule has 0 aliphatic carbocycles. The lowest BCUT2D eigenvalue weighted by atomic mass is 9.77. The molecular weight excluding hydrogens is 300 g/mol. The number of hydrogen-bond acceptors (Lipinski definition) is 4. The molecule has 0 saturated carbocycles. The van der Waals surface area contributed by atoms with Crippen LogP contribution < -0.4 is 4.90 Å². The van der Waals surface area contributed by atoms with Crippen molar-refractivity contribution in [2.24, 2.45) is 5.41 Å². The summed E-state index contributed by atoms with van der Waals surface area (Å²) in [4.78, 5) is 4.95. The molecule has 2 aliphatic heterocycles. The molecule has 1 aromatic carbocycles. The van der Waals surface area contributed by atoms with E-state index in [0.29, 0.717) is 6.61 Å². The molecule has 4 heteroatoms. The Labute approximate surface area is 146 Å². The summed E-state index contributed by atoms with van der Waals surface area (Å²) < 4.78 is 5.46. The molecule has 0 aromatic heterocycles. The highest BCUT2D eigenvalue weighted by molar-refractivity contribution is 5.48. The summed E-state index contributed by atoms with van der Waals surface area (Å²) >= 11 is 0. The predicted molar refractivity (Wildman–Crippen MR) is 98.4 cm³/mol. The number of likely N-dealkylation sites (tertiary alicyclic amines) is 1. The quantitative estimate of drug-likeness (QED) is 0.869. The van der Waals surface area contributed by atoms with Crippen LogP contribution in [-0.4, -0.2) is 56.0 Å². The van der Waals surface area contributed by atoms with E-state index >= 15 is 0 Å². The van der Waals surface area contributed by atoms with Crippen molar-refractivity contribution >= 4 is 5.69 Å². The first-order valence-electron chi connectivity index (χ1n) is 9.49. The first kappa shape index (κ1) is 17.7. The second kappa shape index (κ2) is 8.32. The van der Waals surface area contributed by atoms with Gasteiger partial charge in [0.05, 0.1) is 13.2 Å². The molecule has 3 rings (SSSR count). The van der Waals surface area contributed by atoms with Crippen LogP contribution >= 0.6 is 0 Å². The first-order chi connectivity index (χ1) is 11.7. The van der Waals surface area contributed by atoms with Crippen LogP contribution in [0, 0.1) is 5.41 Å². The average molecular weight is 332 g/mol. The summed E-state index contributed by atoms with van der Waals surface area (Å²) in [6.07, 6.45) is 4.65. The molecule has 4 nitrogen and oxygen atoms in total. The number of rotatable bonds is 6. The lowest BCUT2D eigenvalue weighted by Gasteiger charge is -2.42. The van der Waals surface area contributed by atoms with Crippen LogP contribution in [0.4, 0.5) is 5.69 Å². The number of nitrogens with zero attached hydrogens (tertiary/aromatic N) is 2. The third-order valence-electron chi connectivity index (χ3n) is 5.55. The van der Waals surface area contributed by atoms with Crippen LogP contribution in [0.2, 0.25) is 0 Å². The standard InChI is InChI=1S/C20H32N2O2/c1-2-7-20(17-23)8-4-9-21(16-20)15-18-5-3-6-19(14-18)22-10-12-24-13-11-22/h3,5-6,14,23H,2,4,7-13,15-17H2,1H3. The fourth-order valence-electron chi connectivity index (χ4n) is 4.32. The molecule has 0 bridgehead atoms. The number of anilines is 1. The van der Waals surface area contributed by atoms with Crippen molar-refractivity contribution in [1.29, 1.82) is 0 Å². The number of piperidine rings is 1. The van der Waals surface area contributed by atoms with Crippen molar-refractivity contribution in [3.05, 3.63) is 29.8 Å². The van der Waals surface area contributed by atoms with Gasteiger partial charge >= 0.3 is 0 Å². The van der Waals surface area contributed by atoms with Gasteiger partial charge in [0.25, 0.3) is 0 Å².